The second-order valence-corrected chi connectivity index (χ2v) is 5.91. The summed E-state index contributed by atoms with van der Waals surface area (Å²) in [5.41, 5.74) is 0.00793. The topological polar surface area (TPSA) is 80.1 Å². The zero-order chi connectivity index (χ0) is 16.9. The molecule has 0 aliphatic rings. The standard InChI is InChI=1S/C15H25N5O2/c1-7-14(22)19(8-2)10-13(21)16-15(5,6)12-9-20(11(3)4)18-17-12/h7,9,11H,1,8,10H2,2-6H3,(H,16,21). The molecule has 1 rings (SSSR count). The van der Waals surface area contributed by atoms with Crippen LogP contribution in [0.15, 0.2) is 18.9 Å². The predicted octanol–water partition coefficient (Wildman–Crippen LogP) is 1.24. The smallest absolute Gasteiger partial charge is 0.246 e. The third kappa shape index (κ3) is 4.41. The molecule has 1 aromatic heterocycles. The van der Waals surface area contributed by atoms with E-state index in [9.17, 15) is 9.59 Å². The molecule has 0 spiro atoms. The Kier molecular flexibility index (Phi) is 5.84. The molecule has 22 heavy (non-hydrogen) atoms. The highest BCUT2D eigenvalue weighted by atomic mass is 16.2. The minimum atomic E-state index is -0.666. The molecule has 0 aliphatic carbocycles. The van der Waals surface area contributed by atoms with Crippen LogP contribution < -0.4 is 5.32 Å². The van der Waals surface area contributed by atoms with Crippen molar-refractivity contribution in [3.8, 4) is 0 Å². The maximum absolute atomic E-state index is 12.2. The molecule has 0 atom stereocenters. The van der Waals surface area contributed by atoms with Crippen LogP contribution in [0.4, 0.5) is 0 Å². The average Bonchev–Trinajstić information content (AvgIpc) is 2.94. The number of rotatable bonds is 7. The van der Waals surface area contributed by atoms with Gasteiger partial charge in [-0.3, -0.25) is 9.59 Å². The largest absolute Gasteiger partial charge is 0.344 e. The number of hydrogen-bond donors (Lipinski definition) is 1. The van der Waals surface area contributed by atoms with Crippen LogP contribution in [0.2, 0.25) is 0 Å². The first kappa shape index (κ1) is 17.9. The van der Waals surface area contributed by atoms with Crippen LogP contribution in [-0.4, -0.2) is 44.8 Å². The van der Waals surface area contributed by atoms with E-state index < -0.39 is 5.54 Å². The first-order valence-corrected chi connectivity index (χ1v) is 7.36. The minimum absolute atomic E-state index is 0.0108. The highest BCUT2D eigenvalue weighted by Gasteiger charge is 2.27. The number of hydrogen-bond acceptors (Lipinski definition) is 4. The fraction of sp³-hybridized carbons (Fsp3) is 0.600. The van der Waals surface area contributed by atoms with Gasteiger partial charge in [0.1, 0.15) is 5.69 Å². The molecule has 1 heterocycles. The van der Waals surface area contributed by atoms with Crippen molar-refractivity contribution in [3.63, 3.8) is 0 Å². The van der Waals surface area contributed by atoms with Gasteiger partial charge in [-0.15, -0.1) is 5.10 Å². The van der Waals surface area contributed by atoms with E-state index >= 15 is 0 Å². The Morgan fingerprint density at radius 1 is 1.50 bits per heavy atom. The summed E-state index contributed by atoms with van der Waals surface area (Å²) in [7, 11) is 0. The number of likely N-dealkylation sites (N-methyl/N-ethyl adjacent to an activating group) is 1. The van der Waals surface area contributed by atoms with Crippen LogP contribution >= 0.6 is 0 Å². The van der Waals surface area contributed by atoms with Gasteiger partial charge < -0.3 is 10.2 Å². The lowest BCUT2D eigenvalue weighted by Crippen LogP contribution is -2.47. The van der Waals surface area contributed by atoms with E-state index in [1.54, 1.807) is 4.68 Å². The second kappa shape index (κ2) is 7.20. The highest BCUT2D eigenvalue weighted by Crippen LogP contribution is 2.18. The first-order valence-electron chi connectivity index (χ1n) is 7.36. The minimum Gasteiger partial charge on any atom is -0.344 e. The number of nitrogens with one attached hydrogen (secondary N) is 1. The first-order chi connectivity index (χ1) is 10.2. The zero-order valence-electron chi connectivity index (χ0n) is 14.0. The molecule has 0 unspecified atom stereocenters. The van der Waals surface area contributed by atoms with E-state index in [1.807, 2.05) is 40.8 Å². The molecule has 7 heteroatoms. The Labute approximate surface area is 131 Å². The predicted molar refractivity (Wildman–Crippen MR) is 84.0 cm³/mol. The molecule has 7 nitrogen and oxygen atoms in total. The summed E-state index contributed by atoms with van der Waals surface area (Å²) in [6.07, 6.45) is 3.02. The molecule has 0 bridgehead atoms. The van der Waals surface area contributed by atoms with E-state index in [0.717, 1.165) is 0 Å². The SMILES string of the molecule is C=CC(=O)N(CC)CC(=O)NC(C)(C)c1cn(C(C)C)nn1. The van der Waals surface area contributed by atoms with E-state index in [-0.39, 0.29) is 24.4 Å². The fourth-order valence-electron chi connectivity index (χ4n) is 1.92. The van der Waals surface area contributed by atoms with Gasteiger partial charge in [-0.25, -0.2) is 4.68 Å². The van der Waals surface area contributed by atoms with Crippen LogP contribution in [0.5, 0.6) is 0 Å². The Morgan fingerprint density at radius 2 is 2.14 bits per heavy atom. The molecule has 0 saturated carbocycles. The number of nitrogens with zero attached hydrogens (tertiary/aromatic N) is 4. The molecule has 1 aromatic rings. The monoisotopic (exact) mass is 307 g/mol. The van der Waals surface area contributed by atoms with Gasteiger partial charge in [0.2, 0.25) is 11.8 Å². The molecule has 0 aromatic carbocycles. The van der Waals surface area contributed by atoms with Crippen LogP contribution in [0.1, 0.15) is 46.4 Å². The van der Waals surface area contributed by atoms with Crippen molar-refractivity contribution in [3.05, 3.63) is 24.5 Å². The number of amides is 2. The van der Waals surface area contributed by atoms with Gasteiger partial charge in [-0.2, -0.15) is 0 Å². The summed E-state index contributed by atoms with van der Waals surface area (Å²) >= 11 is 0. The molecule has 0 fully saturated rings. The Morgan fingerprint density at radius 3 is 2.59 bits per heavy atom. The fourth-order valence-corrected chi connectivity index (χ4v) is 1.92. The molecule has 1 N–H and O–H groups in total. The molecule has 0 saturated heterocycles. The number of carbonyl (C=O) groups excluding carboxylic acids is 2. The third-order valence-corrected chi connectivity index (χ3v) is 3.33. The maximum atomic E-state index is 12.2. The van der Waals surface area contributed by atoms with Gasteiger partial charge in [0.15, 0.2) is 0 Å². The normalized spacial score (nSPS) is 11.4. The number of aromatic nitrogens is 3. The third-order valence-electron chi connectivity index (χ3n) is 3.33. The maximum Gasteiger partial charge on any atom is 0.246 e. The van der Waals surface area contributed by atoms with Gasteiger partial charge in [-0.1, -0.05) is 11.8 Å². The summed E-state index contributed by atoms with van der Waals surface area (Å²) in [4.78, 5) is 25.2. The lowest BCUT2D eigenvalue weighted by molar-refractivity contribution is -0.133. The highest BCUT2D eigenvalue weighted by molar-refractivity contribution is 5.91. The van der Waals surface area contributed by atoms with E-state index in [0.29, 0.717) is 12.2 Å². The van der Waals surface area contributed by atoms with Gasteiger partial charge in [0, 0.05) is 12.6 Å². The molecule has 0 aliphatic heterocycles. The van der Waals surface area contributed by atoms with Gasteiger partial charge in [0.25, 0.3) is 0 Å². The average molecular weight is 307 g/mol. The van der Waals surface area contributed by atoms with Gasteiger partial charge in [-0.05, 0) is 40.7 Å². The van der Waals surface area contributed by atoms with Gasteiger partial charge >= 0.3 is 0 Å². The molecular weight excluding hydrogens is 282 g/mol. The van der Waals surface area contributed by atoms with Crippen LogP contribution in [0.25, 0.3) is 0 Å². The summed E-state index contributed by atoms with van der Waals surface area (Å²) in [5, 5.41) is 11.0. The van der Waals surface area contributed by atoms with Crippen molar-refractivity contribution < 1.29 is 9.59 Å². The quantitative estimate of drug-likeness (QED) is 0.769. The Bertz CT molecular complexity index is 548. The zero-order valence-corrected chi connectivity index (χ0v) is 14.0. The lowest BCUT2D eigenvalue weighted by Gasteiger charge is -2.26. The van der Waals surface area contributed by atoms with Gasteiger partial charge in [0.05, 0.1) is 18.3 Å². The van der Waals surface area contributed by atoms with Crippen molar-refractivity contribution in [2.75, 3.05) is 13.1 Å². The number of carbonyl (C=O) groups is 2. The van der Waals surface area contributed by atoms with Crippen molar-refractivity contribution in [1.29, 1.82) is 0 Å². The Hall–Kier alpha value is -2.18. The van der Waals surface area contributed by atoms with Crippen molar-refractivity contribution >= 4 is 11.8 Å². The summed E-state index contributed by atoms with van der Waals surface area (Å²) in [5.74, 6) is -0.512. The molecular formula is C15H25N5O2. The van der Waals surface area contributed by atoms with Crippen molar-refractivity contribution in [2.24, 2.45) is 0 Å². The second-order valence-electron chi connectivity index (χ2n) is 5.91. The lowest BCUT2D eigenvalue weighted by atomic mass is 10.0. The van der Waals surface area contributed by atoms with Crippen LogP contribution in [-0.2, 0) is 15.1 Å². The van der Waals surface area contributed by atoms with E-state index in [1.165, 1.54) is 11.0 Å². The molecule has 122 valence electrons. The van der Waals surface area contributed by atoms with E-state index in [2.05, 4.69) is 22.2 Å². The van der Waals surface area contributed by atoms with Crippen LogP contribution in [0.3, 0.4) is 0 Å². The summed E-state index contributed by atoms with van der Waals surface area (Å²) in [6.45, 7) is 13.4. The van der Waals surface area contributed by atoms with Crippen LogP contribution in [0, 0.1) is 0 Å². The van der Waals surface area contributed by atoms with Crippen molar-refractivity contribution in [1.82, 2.24) is 25.2 Å². The van der Waals surface area contributed by atoms with E-state index in [4.69, 9.17) is 0 Å². The molecule has 0 radical (unpaired) electrons. The van der Waals surface area contributed by atoms with Crippen molar-refractivity contribution in [2.45, 2.75) is 46.2 Å². The summed E-state index contributed by atoms with van der Waals surface area (Å²) in [6, 6.07) is 0.202. The molecule has 2 amide bonds. The Balaban J connectivity index is 2.75. The summed E-state index contributed by atoms with van der Waals surface area (Å²) < 4.78 is 1.74.